The number of anilines is 1. The summed E-state index contributed by atoms with van der Waals surface area (Å²) < 4.78 is 69.9. The molecule has 1 aliphatic heterocycles. The number of alkyl halides is 3. The molecule has 28 heavy (non-hydrogen) atoms. The van der Waals surface area contributed by atoms with E-state index in [1.165, 1.54) is 15.8 Å². The maximum absolute atomic E-state index is 12.9. The Kier molecular flexibility index (Phi) is 5.59. The van der Waals surface area contributed by atoms with Crippen LogP contribution in [0.4, 0.5) is 19.0 Å². The van der Waals surface area contributed by atoms with Gasteiger partial charge in [0.25, 0.3) is 0 Å². The summed E-state index contributed by atoms with van der Waals surface area (Å²) in [5.41, 5.74) is -1.06. The number of ether oxygens (including phenoxy) is 1. The molecule has 3 heterocycles. The highest BCUT2D eigenvalue weighted by molar-refractivity contribution is 7.89. The summed E-state index contributed by atoms with van der Waals surface area (Å²) >= 11 is 0.960. The summed E-state index contributed by atoms with van der Waals surface area (Å²) in [6.45, 7) is 0.352. The van der Waals surface area contributed by atoms with E-state index in [9.17, 15) is 26.4 Å². The number of carbonyl (C=O) groups is 1. The van der Waals surface area contributed by atoms with E-state index in [-0.39, 0.29) is 41.8 Å². The van der Waals surface area contributed by atoms with Crippen LogP contribution in [-0.4, -0.2) is 61.9 Å². The number of aromatic nitrogens is 2. The largest absolute Gasteiger partial charge is 0.465 e. The lowest BCUT2D eigenvalue weighted by atomic mass is 10.3. The Morgan fingerprint density at radius 2 is 1.89 bits per heavy atom. The second kappa shape index (κ2) is 7.64. The Balaban J connectivity index is 1.75. The van der Waals surface area contributed by atoms with Gasteiger partial charge in [-0.05, 0) is 11.4 Å². The number of hydrogen-bond donors (Lipinski definition) is 0. The lowest BCUT2D eigenvalue weighted by Gasteiger charge is -2.34. The molecule has 0 amide bonds. The third kappa shape index (κ3) is 3.95. The minimum Gasteiger partial charge on any atom is -0.465 e. The zero-order valence-corrected chi connectivity index (χ0v) is 16.1. The van der Waals surface area contributed by atoms with Crippen molar-refractivity contribution in [3.05, 3.63) is 34.4 Å². The summed E-state index contributed by atoms with van der Waals surface area (Å²) in [6, 6.07) is 2.16. The van der Waals surface area contributed by atoms with Crippen LogP contribution in [0.2, 0.25) is 0 Å². The number of carbonyl (C=O) groups excluding carboxylic acids is 1. The molecule has 1 saturated heterocycles. The molecule has 3 rings (SSSR count). The molecule has 152 valence electrons. The first-order valence-corrected chi connectivity index (χ1v) is 10.3. The Morgan fingerprint density at radius 3 is 2.50 bits per heavy atom. The van der Waals surface area contributed by atoms with Crippen LogP contribution in [-0.2, 0) is 20.9 Å². The highest BCUT2D eigenvalue weighted by Gasteiger charge is 2.35. The molecule has 0 aromatic carbocycles. The molecule has 2 aromatic heterocycles. The smallest absolute Gasteiger partial charge is 0.433 e. The van der Waals surface area contributed by atoms with Gasteiger partial charge in [-0.2, -0.15) is 17.5 Å². The minimum absolute atomic E-state index is 0.0180. The first kappa shape index (κ1) is 20.5. The summed E-state index contributed by atoms with van der Waals surface area (Å²) in [4.78, 5) is 20.2. The van der Waals surface area contributed by atoms with Gasteiger partial charge >= 0.3 is 12.1 Å². The van der Waals surface area contributed by atoms with Crippen LogP contribution in [0.5, 0.6) is 0 Å². The number of piperazine rings is 1. The summed E-state index contributed by atoms with van der Waals surface area (Å²) in [5, 5.41) is 1.48. The maximum atomic E-state index is 12.9. The van der Waals surface area contributed by atoms with Gasteiger partial charge in [0, 0.05) is 32.2 Å². The van der Waals surface area contributed by atoms with Crippen molar-refractivity contribution in [1.29, 1.82) is 0 Å². The fourth-order valence-corrected chi connectivity index (χ4v) is 5.44. The molecule has 0 spiro atoms. The van der Waals surface area contributed by atoms with Crippen molar-refractivity contribution >= 4 is 33.1 Å². The van der Waals surface area contributed by atoms with Gasteiger partial charge in [0.1, 0.15) is 27.6 Å². The van der Waals surface area contributed by atoms with Crippen molar-refractivity contribution in [2.45, 2.75) is 11.1 Å². The van der Waals surface area contributed by atoms with Crippen LogP contribution in [0.15, 0.2) is 28.7 Å². The molecule has 1 fully saturated rings. The van der Waals surface area contributed by atoms with E-state index < -0.39 is 27.9 Å². The average Bonchev–Trinajstić information content (AvgIpc) is 3.18. The quantitative estimate of drug-likeness (QED) is 0.676. The van der Waals surface area contributed by atoms with Crippen molar-refractivity contribution in [1.82, 2.24) is 14.3 Å². The number of hydrogen-bond acceptors (Lipinski definition) is 8. The number of sulfonamides is 1. The van der Waals surface area contributed by atoms with E-state index >= 15 is 0 Å². The monoisotopic (exact) mass is 436 g/mol. The Labute approximate surface area is 162 Å². The first-order valence-electron chi connectivity index (χ1n) is 7.94. The molecule has 0 atom stereocenters. The van der Waals surface area contributed by atoms with Crippen LogP contribution in [0.1, 0.15) is 15.4 Å². The first-order chi connectivity index (χ1) is 13.1. The molecular formula is C15H15F3N4O4S2. The topological polar surface area (TPSA) is 92.7 Å². The number of esters is 1. The molecule has 0 radical (unpaired) electrons. The third-order valence-electron chi connectivity index (χ3n) is 4.12. The van der Waals surface area contributed by atoms with Crippen molar-refractivity contribution in [2.75, 3.05) is 38.2 Å². The fourth-order valence-electron chi connectivity index (χ4n) is 2.71. The van der Waals surface area contributed by atoms with Gasteiger partial charge < -0.3 is 9.64 Å². The van der Waals surface area contributed by atoms with Crippen molar-refractivity contribution in [2.24, 2.45) is 0 Å². The second-order valence-corrected chi connectivity index (χ2v) is 8.58. The van der Waals surface area contributed by atoms with Crippen LogP contribution in [0.3, 0.4) is 0 Å². The second-order valence-electron chi connectivity index (χ2n) is 5.76. The summed E-state index contributed by atoms with van der Waals surface area (Å²) in [5.74, 6) is -0.668. The van der Waals surface area contributed by atoms with Crippen molar-refractivity contribution < 1.29 is 31.1 Å². The molecule has 0 N–H and O–H groups in total. The molecule has 0 saturated carbocycles. The van der Waals surface area contributed by atoms with E-state index in [2.05, 4.69) is 14.7 Å². The van der Waals surface area contributed by atoms with E-state index in [4.69, 9.17) is 0 Å². The summed E-state index contributed by atoms with van der Waals surface area (Å²) in [7, 11) is -2.78. The molecule has 2 aromatic rings. The standard InChI is InChI=1S/C15H15F3N4O4S2/c1-26-14(23)13-10(2-7-27-13)28(24,25)22-5-3-21(4-6-22)12-8-11(15(16,17)18)19-9-20-12/h2,7-9H,3-6H2,1H3. The van der Waals surface area contributed by atoms with Crippen LogP contribution < -0.4 is 4.90 Å². The van der Waals surface area contributed by atoms with E-state index in [1.54, 1.807) is 4.90 Å². The number of methoxy groups -OCH3 is 1. The number of nitrogens with zero attached hydrogens (tertiary/aromatic N) is 4. The zero-order valence-electron chi connectivity index (χ0n) is 14.5. The molecule has 0 unspecified atom stereocenters. The lowest BCUT2D eigenvalue weighted by molar-refractivity contribution is -0.141. The van der Waals surface area contributed by atoms with Gasteiger partial charge in [-0.25, -0.2) is 23.2 Å². The average molecular weight is 436 g/mol. The van der Waals surface area contributed by atoms with Crippen LogP contribution >= 0.6 is 11.3 Å². The Hall–Kier alpha value is -2.25. The minimum atomic E-state index is -4.59. The molecule has 13 heteroatoms. The number of halogens is 3. The molecule has 0 bridgehead atoms. The van der Waals surface area contributed by atoms with E-state index in [0.29, 0.717) is 0 Å². The maximum Gasteiger partial charge on any atom is 0.433 e. The molecule has 1 aliphatic rings. The number of rotatable bonds is 4. The van der Waals surface area contributed by atoms with Gasteiger partial charge in [0.05, 0.1) is 7.11 Å². The molecule has 0 aliphatic carbocycles. The Bertz CT molecular complexity index is 970. The normalized spacial score (nSPS) is 16.2. The fraction of sp³-hybridized carbons (Fsp3) is 0.400. The van der Waals surface area contributed by atoms with Gasteiger partial charge in [-0.15, -0.1) is 11.3 Å². The van der Waals surface area contributed by atoms with Gasteiger partial charge in [-0.3, -0.25) is 0 Å². The van der Waals surface area contributed by atoms with Crippen molar-refractivity contribution in [3.8, 4) is 0 Å². The van der Waals surface area contributed by atoms with Crippen LogP contribution in [0, 0.1) is 0 Å². The SMILES string of the molecule is COC(=O)c1sccc1S(=O)(=O)N1CCN(c2cc(C(F)(F)F)ncn2)CC1. The van der Waals surface area contributed by atoms with Gasteiger partial charge in [0.2, 0.25) is 10.0 Å². The predicted octanol–water partition coefficient (Wildman–Crippen LogP) is 1.85. The highest BCUT2D eigenvalue weighted by Crippen LogP contribution is 2.30. The highest BCUT2D eigenvalue weighted by atomic mass is 32.2. The Morgan fingerprint density at radius 1 is 1.21 bits per heavy atom. The lowest BCUT2D eigenvalue weighted by Crippen LogP contribution is -2.49. The zero-order chi connectivity index (χ0) is 20.5. The van der Waals surface area contributed by atoms with E-state index in [1.807, 2.05) is 0 Å². The van der Waals surface area contributed by atoms with Gasteiger partial charge in [-0.1, -0.05) is 0 Å². The predicted molar refractivity (Wildman–Crippen MR) is 93.7 cm³/mol. The molecular weight excluding hydrogens is 421 g/mol. The summed E-state index contributed by atoms with van der Waals surface area (Å²) in [6.07, 6.45) is -3.76. The van der Waals surface area contributed by atoms with E-state index in [0.717, 1.165) is 30.8 Å². The third-order valence-corrected chi connectivity index (χ3v) is 7.09. The number of thiophene rings is 1. The van der Waals surface area contributed by atoms with Crippen molar-refractivity contribution in [3.63, 3.8) is 0 Å². The van der Waals surface area contributed by atoms with Crippen LogP contribution in [0.25, 0.3) is 0 Å². The van der Waals surface area contributed by atoms with Gasteiger partial charge in [0.15, 0.2) is 0 Å². The molecule has 8 nitrogen and oxygen atoms in total.